The first-order chi connectivity index (χ1) is 13.7. The van der Waals surface area contributed by atoms with E-state index < -0.39 is 5.91 Å². The highest BCUT2D eigenvalue weighted by atomic mass is 16.5. The van der Waals surface area contributed by atoms with Gasteiger partial charge in [-0.1, -0.05) is 42.5 Å². The third-order valence-electron chi connectivity index (χ3n) is 5.26. The quantitative estimate of drug-likeness (QED) is 0.394. The molecule has 1 atom stereocenters. The van der Waals surface area contributed by atoms with E-state index in [1.807, 2.05) is 24.3 Å². The zero-order valence-electron chi connectivity index (χ0n) is 15.7. The molecule has 144 valence electrons. The third-order valence-corrected chi connectivity index (χ3v) is 5.26. The Bertz CT molecular complexity index is 945. The van der Waals surface area contributed by atoms with E-state index in [0.717, 1.165) is 30.7 Å². The summed E-state index contributed by atoms with van der Waals surface area (Å²) in [5.74, 6) is -0.532. The molecule has 28 heavy (non-hydrogen) atoms. The van der Waals surface area contributed by atoms with Gasteiger partial charge < -0.3 is 0 Å². The fourth-order valence-corrected chi connectivity index (χ4v) is 3.81. The minimum Gasteiger partial charge on any atom is -0.294 e. The lowest BCUT2D eigenvalue weighted by Gasteiger charge is -2.24. The number of likely N-dealkylation sites (tertiary alicyclic amines) is 1. The molecule has 0 radical (unpaired) electrons. The number of rotatable bonds is 6. The van der Waals surface area contributed by atoms with Gasteiger partial charge in [-0.25, -0.2) is 5.48 Å². The molecule has 4 rings (SSSR count). The van der Waals surface area contributed by atoms with Gasteiger partial charge >= 0.3 is 0 Å². The average molecular weight is 376 g/mol. The van der Waals surface area contributed by atoms with Gasteiger partial charge in [0.25, 0.3) is 5.91 Å². The molecule has 1 saturated heterocycles. The first kappa shape index (κ1) is 18.4. The smallest absolute Gasteiger partial charge is 0.267 e. The SMILES string of the molecule is O=C(/C=C/c1ccc(CN2CCC[C@@H]2Cn2cc3ccccc3n2)cc1)NO. The monoisotopic (exact) mass is 376 g/mol. The van der Waals surface area contributed by atoms with Crippen LogP contribution in [-0.4, -0.2) is 38.4 Å². The molecule has 2 heterocycles. The van der Waals surface area contributed by atoms with E-state index in [4.69, 9.17) is 10.3 Å². The Morgan fingerprint density at radius 3 is 2.82 bits per heavy atom. The van der Waals surface area contributed by atoms with E-state index in [2.05, 4.69) is 40.0 Å². The van der Waals surface area contributed by atoms with Gasteiger partial charge in [-0.15, -0.1) is 0 Å². The summed E-state index contributed by atoms with van der Waals surface area (Å²) in [6, 6.07) is 16.9. The predicted molar refractivity (Wildman–Crippen MR) is 109 cm³/mol. The molecule has 2 N–H and O–H groups in total. The van der Waals surface area contributed by atoms with Crippen LogP contribution < -0.4 is 5.48 Å². The normalized spacial score (nSPS) is 17.5. The molecule has 1 aromatic heterocycles. The number of carbonyl (C=O) groups excluding carboxylic acids is 1. The molecule has 6 heteroatoms. The van der Waals surface area contributed by atoms with Crippen LogP contribution in [0.5, 0.6) is 0 Å². The van der Waals surface area contributed by atoms with Crippen LogP contribution in [0, 0.1) is 0 Å². The summed E-state index contributed by atoms with van der Waals surface area (Å²) in [5.41, 5.74) is 4.81. The number of nitrogens with zero attached hydrogens (tertiary/aromatic N) is 3. The molecule has 0 bridgehead atoms. The predicted octanol–water partition coefficient (Wildman–Crippen LogP) is 3.22. The Balaban J connectivity index is 1.39. The van der Waals surface area contributed by atoms with Crippen LogP contribution in [0.15, 0.2) is 60.8 Å². The van der Waals surface area contributed by atoms with Gasteiger partial charge in [-0.05, 0) is 42.7 Å². The lowest BCUT2D eigenvalue weighted by atomic mass is 10.1. The largest absolute Gasteiger partial charge is 0.294 e. The van der Waals surface area contributed by atoms with Crippen LogP contribution in [0.1, 0.15) is 24.0 Å². The zero-order valence-corrected chi connectivity index (χ0v) is 15.7. The molecule has 2 aromatic carbocycles. The number of benzene rings is 2. The van der Waals surface area contributed by atoms with Crippen molar-refractivity contribution < 1.29 is 10.0 Å². The minimum atomic E-state index is -0.532. The maximum absolute atomic E-state index is 11.1. The van der Waals surface area contributed by atoms with E-state index in [9.17, 15) is 4.79 Å². The van der Waals surface area contributed by atoms with Crippen molar-refractivity contribution in [3.8, 4) is 0 Å². The van der Waals surface area contributed by atoms with Crippen molar-refractivity contribution in [1.29, 1.82) is 0 Å². The molecule has 0 saturated carbocycles. The molecule has 0 spiro atoms. The van der Waals surface area contributed by atoms with E-state index in [-0.39, 0.29) is 0 Å². The number of hydroxylamine groups is 1. The van der Waals surface area contributed by atoms with Crippen molar-refractivity contribution in [2.24, 2.45) is 0 Å². The molecule has 1 aliphatic rings. The molecule has 3 aromatic rings. The highest BCUT2D eigenvalue weighted by Gasteiger charge is 2.25. The molecular formula is C22H24N4O2. The van der Waals surface area contributed by atoms with Crippen molar-refractivity contribution in [2.75, 3.05) is 6.54 Å². The van der Waals surface area contributed by atoms with E-state index >= 15 is 0 Å². The lowest BCUT2D eigenvalue weighted by Crippen LogP contribution is -2.32. The topological polar surface area (TPSA) is 70.4 Å². The van der Waals surface area contributed by atoms with Crippen molar-refractivity contribution in [3.05, 3.63) is 71.9 Å². The van der Waals surface area contributed by atoms with Crippen LogP contribution in [0.25, 0.3) is 17.0 Å². The zero-order chi connectivity index (χ0) is 19.3. The van der Waals surface area contributed by atoms with Crippen molar-refractivity contribution in [1.82, 2.24) is 20.2 Å². The summed E-state index contributed by atoms with van der Waals surface area (Å²) in [6.45, 7) is 2.92. The Labute approximate surface area is 164 Å². The number of fused-ring (bicyclic) bond motifs is 1. The first-order valence-corrected chi connectivity index (χ1v) is 9.58. The Morgan fingerprint density at radius 1 is 1.21 bits per heavy atom. The summed E-state index contributed by atoms with van der Waals surface area (Å²) >= 11 is 0. The average Bonchev–Trinajstić information content (AvgIpc) is 3.33. The number of aromatic nitrogens is 2. The molecule has 1 aliphatic heterocycles. The molecule has 6 nitrogen and oxygen atoms in total. The van der Waals surface area contributed by atoms with Crippen LogP contribution >= 0.6 is 0 Å². The van der Waals surface area contributed by atoms with E-state index in [1.54, 1.807) is 11.6 Å². The number of hydrogen-bond donors (Lipinski definition) is 2. The third kappa shape index (κ3) is 4.30. The van der Waals surface area contributed by atoms with Gasteiger partial charge in [-0.2, -0.15) is 5.10 Å². The molecule has 1 fully saturated rings. The number of hydrogen-bond acceptors (Lipinski definition) is 4. The van der Waals surface area contributed by atoms with Gasteiger partial charge in [-0.3, -0.25) is 19.6 Å². The van der Waals surface area contributed by atoms with E-state index in [0.29, 0.717) is 6.04 Å². The fourth-order valence-electron chi connectivity index (χ4n) is 3.81. The van der Waals surface area contributed by atoms with Gasteiger partial charge in [0.15, 0.2) is 0 Å². The molecule has 0 aliphatic carbocycles. The summed E-state index contributed by atoms with van der Waals surface area (Å²) in [6.07, 6.45) is 7.52. The number of carbonyl (C=O) groups is 1. The number of amides is 1. The second-order valence-corrected chi connectivity index (χ2v) is 7.23. The molecule has 0 unspecified atom stereocenters. The Morgan fingerprint density at radius 2 is 2.04 bits per heavy atom. The maximum Gasteiger partial charge on any atom is 0.267 e. The van der Waals surface area contributed by atoms with Crippen LogP contribution in [0.4, 0.5) is 0 Å². The Kier molecular flexibility index (Phi) is 5.50. The van der Waals surface area contributed by atoms with Gasteiger partial charge in [0.1, 0.15) is 0 Å². The summed E-state index contributed by atoms with van der Waals surface area (Å²) < 4.78 is 2.08. The standard InChI is InChI=1S/C22H24N4O2/c27-22(24-28)12-11-17-7-9-18(10-8-17)14-25-13-3-5-20(25)16-26-15-19-4-1-2-6-21(19)23-26/h1-2,4,6-12,15,20,28H,3,5,13-14,16H2,(H,24,27)/b12-11+/t20-/m1/s1. The maximum atomic E-state index is 11.1. The van der Waals surface area contributed by atoms with E-state index in [1.165, 1.54) is 29.9 Å². The second kappa shape index (κ2) is 8.37. The van der Waals surface area contributed by atoms with Crippen LogP contribution in [-0.2, 0) is 17.9 Å². The fraction of sp³-hybridized carbons (Fsp3) is 0.273. The molecule has 1 amide bonds. The first-order valence-electron chi connectivity index (χ1n) is 9.58. The van der Waals surface area contributed by atoms with Crippen molar-refractivity contribution in [3.63, 3.8) is 0 Å². The second-order valence-electron chi connectivity index (χ2n) is 7.23. The summed E-state index contributed by atoms with van der Waals surface area (Å²) in [5, 5.41) is 14.4. The van der Waals surface area contributed by atoms with Gasteiger partial charge in [0.2, 0.25) is 0 Å². The van der Waals surface area contributed by atoms with Gasteiger partial charge in [0, 0.05) is 30.2 Å². The summed E-state index contributed by atoms with van der Waals surface area (Å²) in [4.78, 5) is 13.6. The summed E-state index contributed by atoms with van der Waals surface area (Å²) in [7, 11) is 0. The molecular weight excluding hydrogens is 352 g/mol. The van der Waals surface area contributed by atoms with Crippen molar-refractivity contribution >= 4 is 22.9 Å². The minimum absolute atomic E-state index is 0.488. The number of nitrogens with one attached hydrogen (secondary N) is 1. The highest BCUT2D eigenvalue weighted by molar-refractivity contribution is 5.90. The Hall–Kier alpha value is -2.96. The van der Waals surface area contributed by atoms with Crippen LogP contribution in [0.3, 0.4) is 0 Å². The highest BCUT2D eigenvalue weighted by Crippen LogP contribution is 2.22. The van der Waals surface area contributed by atoms with Gasteiger partial charge in [0.05, 0.1) is 12.1 Å². The van der Waals surface area contributed by atoms with Crippen LogP contribution in [0.2, 0.25) is 0 Å². The lowest BCUT2D eigenvalue weighted by molar-refractivity contribution is -0.124. The van der Waals surface area contributed by atoms with Crippen molar-refractivity contribution in [2.45, 2.75) is 32.0 Å².